The van der Waals surface area contributed by atoms with Crippen molar-refractivity contribution in [2.45, 2.75) is 26.3 Å². The molecular formula is C50H51BN4O2. The fourth-order valence-electron chi connectivity index (χ4n) is 7.44. The standard InChI is InChI=1S/C34H34N4O2.C16H14.BH3/c1-22-20-30-27(23-10-7-6-8-11-23)12-9-13-28(30)32(22)36-34(40)29-19-18-26(38(4)5)21-31(29)35-33(39)24-14-16-25(17-15-24)37(2)3;1-12-10-14-8-5-9-15(16(14)11-12)13-6-3-2-4-7-13;/h6-21,32H,1-5H3,(H,35,39)(H,36,40);2-9,11H,10H2,1H3;1H3. The van der Waals surface area contributed by atoms with Crippen LogP contribution in [0.2, 0.25) is 0 Å². The van der Waals surface area contributed by atoms with E-state index in [0.717, 1.165) is 45.6 Å². The third kappa shape index (κ3) is 8.79. The van der Waals surface area contributed by atoms with E-state index < -0.39 is 0 Å². The summed E-state index contributed by atoms with van der Waals surface area (Å²) < 4.78 is 0. The molecule has 6 aromatic carbocycles. The van der Waals surface area contributed by atoms with E-state index in [4.69, 9.17) is 0 Å². The van der Waals surface area contributed by atoms with E-state index >= 15 is 0 Å². The molecule has 6 aromatic rings. The molecule has 0 bridgehead atoms. The van der Waals surface area contributed by atoms with Crippen molar-refractivity contribution >= 4 is 49.4 Å². The minimum Gasteiger partial charge on any atom is -0.378 e. The van der Waals surface area contributed by atoms with Gasteiger partial charge < -0.3 is 20.4 Å². The molecule has 2 aliphatic carbocycles. The molecule has 286 valence electrons. The number of benzene rings is 6. The molecule has 1 unspecified atom stereocenters. The molecule has 2 amide bonds. The second-order valence-corrected chi connectivity index (χ2v) is 14.9. The minimum absolute atomic E-state index is 0. The van der Waals surface area contributed by atoms with Crippen molar-refractivity contribution in [3.05, 3.63) is 184 Å². The Morgan fingerprint density at radius 2 is 1.18 bits per heavy atom. The highest BCUT2D eigenvalue weighted by atomic mass is 16.2. The SMILES string of the molecule is B.CC1=Cc2c(-c3ccccc3)cccc2C1NC(=O)c1ccc(N(C)C)cc1NC(=O)c1ccc(N(C)C)cc1.CC1=Cc2c(cccc2-c2ccccc2)C1. The van der Waals surface area contributed by atoms with Gasteiger partial charge in [0.1, 0.15) is 0 Å². The number of anilines is 3. The zero-order valence-corrected chi connectivity index (χ0v) is 32.9. The Kier molecular flexibility index (Phi) is 12.3. The van der Waals surface area contributed by atoms with Crippen LogP contribution in [0.25, 0.3) is 34.4 Å². The molecule has 0 radical (unpaired) electrons. The van der Waals surface area contributed by atoms with E-state index in [1.54, 1.807) is 18.2 Å². The quantitative estimate of drug-likeness (QED) is 0.152. The summed E-state index contributed by atoms with van der Waals surface area (Å²) >= 11 is 0. The Labute approximate surface area is 339 Å². The molecular weight excluding hydrogens is 699 g/mol. The van der Waals surface area contributed by atoms with Gasteiger partial charge in [-0.25, -0.2) is 0 Å². The molecule has 2 aliphatic rings. The van der Waals surface area contributed by atoms with Gasteiger partial charge >= 0.3 is 0 Å². The molecule has 0 fully saturated rings. The van der Waals surface area contributed by atoms with Gasteiger partial charge in [-0.05, 0) is 113 Å². The van der Waals surface area contributed by atoms with Crippen LogP contribution in [-0.4, -0.2) is 48.4 Å². The average Bonchev–Trinajstić information content (AvgIpc) is 3.76. The van der Waals surface area contributed by atoms with E-state index in [2.05, 4.69) is 103 Å². The van der Waals surface area contributed by atoms with Crippen molar-refractivity contribution < 1.29 is 9.59 Å². The van der Waals surface area contributed by atoms with E-state index in [-0.39, 0.29) is 26.3 Å². The van der Waals surface area contributed by atoms with Gasteiger partial charge in [-0.3, -0.25) is 9.59 Å². The predicted molar refractivity (Wildman–Crippen MR) is 244 cm³/mol. The van der Waals surface area contributed by atoms with Crippen molar-refractivity contribution in [2.24, 2.45) is 0 Å². The lowest BCUT2D eigenvalue weighted by atomic mass is 9.95. The summed E-state index contributed by atoms with van der Waals surface area (Å²) in [7, 11) is 7.76. The number of nitrogens with zero attached hydrogens (tertiary/aromatic N) is 2. The van der Waals surface area contributed by atoms with Crippen molar-refractivity contribution in [1.29, 1.82) is 0 Å². The molecule has 7 heteroatoms. The summed E-state index contributed by atoms with van der Waals surface area (Å²) in [5.41, 5.74) is 15.8. The Bertz CT molecular complexity index is 2450. The summed E-state index contributed by atoms with van der Waals surface area (Å²) in [6, 6.07) is 46.3. The summed E-state index contributed by atoms with van der Waals surface area (Å²) in [5.74, 6) is -0.524. The molecule has 1 atom stereocenters. The maximum Gasteiger partial charge on any atom is 0.255 e. The second kappa shape index (κ2) is 17.5. The maximum atomic E-state index is 13.7. The number of carbonyl (C=O) groups excluding carboxylic acids is 2. The number of hydrogen-bond acceptors (Lipinski definition) is 4. The van der Waals surface area contributed by atoms with Crippen molar-refractivity contribution in [3.63, 3.8) is 0 Å². The maximum absolute atomic E-state index is 13.7. The number of carbonyl (C=O) groups is 2. The lowest BCUT2D eigenvalue weighted by Crippen LogP contribution is -2.29. The molecule has 2 N–H and O–H groups in total. The van der Waals surface area contributed by atoms with Crippen LogP contribution in [-0.2, 0) is 6.42 Å². The summed E-state index contributed by atoms with van der Waals surface area (Å²) in [6.45, 7) is 4.24. The van der Waals surface area contributed by atoms with Crippen LogP contribution in [0.15, 0.2) is 151 Å². The first-order valence-corrected chi connectivity index (χ1v) is 19.0. The van der Waals surface area contributed by atoms with Crippen molar-refractivity contribution in [2.75, 3.05) is 43.3 Å². The van der Waals surface area contributed by atoms with Gasteiger partial charge in [0.25, 0.3) is 11.8 Å². The Hall–Kier alpha value is -6.60. The van der Waals surface area contributed by atoms with Crippen LogP contribution in [0.5, 0.6) is 0 Å². The number of hydrogen-bond donors (Lipinski definition) is 2. The zero-order chi connectivity index (χ0) is 39.3. The molecule has 0 heterocycles. The van der Waals surface area contributed by atoms with Gasteiger partial charge in [-0.2, -0.15) is 0 Å². The van der Waals surface area contributed by atoms with Crippen molar-refractivity contribution in [1.82, 2.24) is 5.32 Å². The molecule has 0 aromatic heterocycles. The van der Waals surface area contributed by atoms with Crippen LogP contribution >= 0.6 is 0 Å². The van der Waals surface area contributed by atoms with E-state index in [9.17, 15) is 9.59 Å². The highest BCUT2D eigenvalue weighted by Gasteiger charge is 2.28. The summed E-state index contributed by atoms with van der Waals surface area (Å²) in [6.07, 6.45) is 5.57. The smallest absolute Gasteiger partial charge is 0.255 e. The molecule has 0 spiro atoms. The molecule has 0 saturated heterocycles. The number of amides is 2. The zero-order valence-electron chi connectivity index (χ0n) is 32.9. The fraction of sp³-hybridized carbons (Fsp3) is 0.160. The fourth-order valence-corrected chi connectivity index (χ4v) is 7.44. The molecule has 6 nitrogen and oxygen atoms in total. The Morgan fingerprint density at radius 1 is 0.596 bits per heavy atom. The van der Waals surface area contributed by atoms with Crippen LogP contribution in [0.4, 0.5) is 17.1 Å². The highest BCUT2D eigenvalue weighted by Crippen LogP contribution is 2.40. The van der Waals surface area contributed by atoms with E-state index in [1.807, 2.05) is 93.4 Å². The van der Waals surface area contributed by atoms with Crippen LogP contribution in [0.1, 0.15) is 62.9 Å². The van der Waals surface area contributed by atoms with Gasteiger partial charge in [-0.15, -0.1) is 0 Å². The first-order chi connectivity index (χ1) is 27.1. The minimum atomic E-state index is -0.273. The topological polar surface area (TPSA) is 64.7 Å². The number of fused-ring (bicyclic) bond motifs is 2. The van der Waals surface area contributed by atoms with Gasteiger partial charge in [0, 0.05) is 45.1 Å². The number of nitrogens with one attached hydrogen (secondary N) is 2. The monoisotopic (exact) mass is 750 g/mol. The Morgan fingerprint density at radius 3 is 1.79 bits per heavy atom. The highest BCUT2D eigenvalue weighted by molar-refractivity contribution is 6.10. The normalized spacial score (nSPS) is 13.4. The lowest BCUT2D eigenvalue weighted by molar-refractivity contribution is 0.0943. The molecule has 57 heavy (non-hydrogen) atoms. The third-order valence-corrected chi connectivity index (χ3v) is 10.4. The largest absolute Gasteiger partial charge is 0.378 e. The van der Waals surface area contributed by atoms with Crippen LogP contribution in [0.3, 0.4) is 0 Å². The third-order valence-electron chi connectivity index (χ3n) is 10.4. The van der Waals surface area contributed by atoms with E-state index in [0.29, 0.717) is 16.8 Å². The predicted octanol–water partition coefficient (Wildman–Crippen LogP) is 9.75. The first-order valence-electron chi connectivity index (χ1n) is 19.0. The second-order valence-electron chi connectivity index (χ2n) is 14.9. The molecule has 0 saturated carbocycles. The molecule has 0 aliphatic heterocycles. The lowest BCUT2D eigenvalue weighted by Gasteiger charge is -2.21. The number of allylic oxidation sites excluding steroid dienone is 1. The van der Waals surface area contributed by atoms with Gasteiger partial charge in [0.2, 0.25) is 0 Å². The summed E-state index contributed by atoms with van der Waals surface area (Å²) in [4.78, 5) is 30.9. The van der Waals surface area contributed by atoms with Crippen LogP contribution < -0.4 is 20.4 Å². The van der Waals surface area contributed by atoms with Crippen molar-refractivity contribution in [3.8, 4) is 22.3 Å². The Balaban J connectivity index is 0.000000268. The summed E-state index contributed by atoms with van der Waals surface area (Å²) in [5, 5.41) is 6.21. The van der Waals surface area contributed by atoms with Gasteiger partial charge in [-0.1, -0.05) is 115 Å². The van der Waals surface area contributed by atoms with E-state index in [1.165, 1.54) is 27.8 Å². The van der Waals surface area contributed by atoms with Gasteiger partial charge in [0.05, 0.1) is 25.7 Å². The van der Waals surface area contributed by atoms with Gasteiger partial charge in [0.15, 0.2) is 0 Å². The molecule has 8 rings (SSSR count). The average molecular weight is 751 g/mol. The number of rotatable bonds is 8. The van der Waals surface area contributed by atoms with Crippen LogP contribution in [0, 0.1) is 0 Å². The first kappa shape index (κ1) is 40.1.